The van der Waals surface area contributed by atoms with Gasteiger partial charge in [-0.05, 0) is 18.2 Å². The largest absolute Gasteiger partial charge is 0.476 e. The van der Waals surface area contributed by atoms with Crippen molar-refractivity contribution in [2.24, 2.45) is 7.05 Å². The molecule has 2 N–H and O–H groups in total. The van der Waals surface area contributed by atoms with Crippen molar-refractivity contribution in [3.05, 3.63) is 42.2 Å². The van der Waals surface area contributed by atoms with Crippen LogP contribution in [0.3, 0.4) is 0 Å². The Bertz CT molecular complexity index is 864. The molecular weight excluding hydrogens is 286 g/mol. The number of para-hydroxylation sites is 2. The fourth-order valence-electron chi connectivity index (χ4n) is 2.13. The summed E-state index contributed by atoms with van der Waals surface area (Å²) in [4.78, 5) is 27.1. The highest BCUT2D eigenvalue weighted by atomic mass is 16.4. The second-order valence-electron chi connectivity index (χ2n) is 4.74. The van der Waals surface area contributed by atoms with E-state index in [1.807, 2.05) is 24.3 Å². The molecule has 112 valence electrons. The van der Waals surface area contributed by atoms with Crippen LogP contribution in [-0.4, -0.2) is 36.3 Å². The number of nitrogens with one attached hydrogen (secondary N) is 1. The molecule has 0 radical (unpaired) electrons. The quantitative estimate of drug-likeness (QED) is 0.751. The van der Waals surface area contributed by atoms with Gasteiger partial charge in [-0.3, -0.25) is 14.8 Å². The molecule has 3 aromatic rings. The molecule has 2 aromatic heterocycles. The molecule has 0 aliphatic rings. The van der Waals surface area contributed by atoms with Crippen LogP contribution in [0.25, 0.3) is 11.0 Å². The zero-order valence-electron chi connectivity index (χ0n) is 11.7. The molecule has 0 unspecified atom stereocenters. The topological polar surface area (TPSA) is 102 Å². The molecule has 2 heterocycles. The highest BCUT2D eigenvalue weighted by Gasteiger charge is 2.12. The Hall–Kier alpha value is -3.16. The predicted molar refractivity (Wildman–Crippen MR) is 78.5 cm³/mol. The summed E-state index contributed by atoms with van der Waals surface area (Å²) in [7, 11) is 1.81. The number of aryl methyl sites for hydroxylation is 1. The number of amides is 1. The Morgan fingerprint density at radius 1 is 1.27 bits per heavy atom. The molecule has 0 bridgehead atoms. The monoisotopic (exact) mass is 299 g/mol. The number of fused-ring (bicyclic) bond motifs is 1. The maximum Gasteiger partial charge on any atom is 0.356 e. The smallest absolute Gasteiger partial charge is 0.356 e. The first-order chi connectivity index (χ1) is 10.5. The molecule has 1 aromatic carbocycles. The third-order valence-corrected chi connectivity index (χ3v) is 3.20. The van der Waals surface area contributed by atoms with Crippen molar-refractivity contribution in [2.75, 3.05) is 5.32 Å². The minimum Gasteiger partial charge on any atom is -0.476 e. The van der Waals surface area contributed by atoms with Gasteiger partial charge in [-0.2, -0.15) is 5.10 Å². The van der Waals surface area contributed by atoms with Crippen molar-refractivity contribution < 1.29 is 14.7 Å². The molecule has 0 aliphatic heterocycles. The van der Waals surface area contributed by atoms with Gasteiger partial charge in [-0.25, -0.2) is 9.78 Å². The number of hydrogen-bond donors (Lipinski definition) is 2. The van der Waals surface area contributed by atoms with E-state index >= 15 is 0 Å². The lowest BCUT2D eigenvalue weighted by atomic mass is 10.3. The number of aromatic carboxylic acids is 1. The van der Waals surface area contributed by atoms with Crippen molar-refractivity contribution in [3.8, 4) is 0 Å². The zero-order chi connectivity index (χ0) is 15.7. The zero-order valence-corrected chi connectivity index (χ0v) is 11.7. The van der Waals surface area contributed by atoms with E-state index in [1.165, 1.54) is 16.9 Å². The summed E-state index contributed by atoms with van der Waals surface area (Å²) < 4.78 is 3.04. The van der Waals surface area contributed by atoms with E-state index in [0.29, 0.717) is 5.95 Å². The van der Waals surface area contributed by atoms with Crippen LogP contribution in [0.1, 0.15) is 10.5 Å². The molecule has 0 spiro atoms. The molecule has 0 saturated heterocycles. The molecule has 0 atom stereocenters. The second-order valence-corrected chi connectivity index (χ2v) is 4.74. The Labute approximate surface area is 125 Å². The van der Waals surface area contributed by atoms with Crippen molar-refractivity contribution >= 4 is 28.9 Å². The van der Waals surface area contributed by atoms with E-state index in [9.17, 15) is 9.59 Å². The van der Waals surface area contributed by atoms with E-state index in [2.05, 4.69) is 15.4 Å². The lowest BCUT2D eigenvalue weighted by molar-refractivity contribution is -0.117. The molecule has 22 heavy (non-hydrogen) atoms. The SMILES string of the molecule is Cn1c(NC(=O)Cn2ccc(C(=O)O)n2)nc2ccccc21. The summed E-state index contributed by atoms with van der Waals surface area (Å²) in [6.07, 6.45) is 1.44. The summed E-state index contributed by atoms with van der Waals surface area (Å²) in [6.45, 7) is -0.0868. The summed E-state index contributed by atoms with van der Waals surface area (Å²) >= 11 is 0. The first-order valence-corrected chi connectivity index (χ1v) is 6.52. The van der Waals surface area contributed by atoms with Crippen LogP contribution in [0.4, 0.5) is 5.95 Å². The Morgan fingerprint density at radius 2 is 2.05 bits per heavy atom. The molecule has 0 fully saturated rings. The Balaban J connectivity index is 1.75. The van der Waals surface area contributed by atoms with Crippen molar-refractivity contribution in [3.63, 3.8) is 0 Å². The molecule has 0 aliphatic carbocycles. The van der Waals surface area contributed by atoms with Gasteiger partial charge in [0.25, 0.3) is 0 Å². The summed E-state index contributed by atoms with van der Waals surface area (Å²) in [6, 6.07) is 8.87. The minimum absolute atomic E-state index is 0.0868. The van der Waals surface area contributed by atoms with E-state index in [0.717, 1.165) is 11.0 Å². The average Bonchev–Trinajstić information content (AvgIpc) is 3.06. The summed E-state index contributed by atoms with van der Waals surface area (Å²) in [5.41, 5.74) is 1.59. The predicted octanol–water partition coefficient (Wildman–Crippen LogP) is 1.11. The Morgan fingerprint density at radius 3 is 2.73 bits per heavy atom. The van der Waals surface area contributed by atoms with Gasteiger partial charge in [0.2, 0.25) is 11.9 Å². The number of nitrogens with zero attached hydrogens (tertiary/aromatic N) is 4. The van der Waals surface area contributed by atoms with Crippen LogP contribution >= 0.6 is 0 Å². The number of anilines is 1. The number of carboxylic acid groups (broad SMARTS) is 1. The van der Waals surface area contributed by atoms with Crippen LogP contribution in [0, 0.1) is 0 Å². The lowest BCUT2D eigenvalue weighted by Crippen LogP contribution is -2.21. The van der Waals surface area contributed by atoms with E-state index < -0.39 is 5.97 Å². The second kappa shape index (κ2) is 5.32. The van der Waals surface area contributed by atoms with Crippen LogP contribution in [-0.2, 0) is 18.4 Å². The van der Waals surface area contributed by atoms with Crippen molar-refractivity contribution in [1.82, 2.24) is 19.3 Å². The van der Waals surface area contributed by atoms with Crippen LogP contribution in [0.15, 0.2) is 36.5 Å². The van der Waals surface area contributed by atoms with Gasteiger partial charge in [0.15, 0.2) is 5.69 Å². The molecule has 3 rings (SSSR count). The van der Waals surface area contributed by atoms with Gasteiger partial charge in [-0.15, -0.1) is 0 Å². The van der Waals surface area contributed by atoms with E-state index in [1.54, 1.807) is 11.6 Å². The van der Waals surface area contributed by atoms with E-state index in [4.69, 9.17) is 5.11 Å². The molecule has 1 amide bonds. The number of carbonyl (C=O) groups excluding carboxylic acids is 1. The first kappa shape index (κ1) is 13.8. The Kier molecular flexibility index (Phi) is 3.34. The lowest BCUT2D eigenvalue weighted by Gasteiger charge is -2.05. The van der Waals surface area contributed by atoms with Crippen LogP contribution in [0.2, 0.25) is 0 Å². The number of imidazole rings is 1. The maximum absolute atomic E-state index is 12.0. The molecule has 8 nitrogen and oxygen atoms in total. The van der Waals surface area contributed by atoms with Gasteiger partial charge in [0.05, 0.1) is 11.0 Å². The van der Waals surface area contributed by atoms with Gasteiger partial charge < -0.3 is 9.67 Å². The molecule has 0 saturated carbocycles. The number of carboxylic acids is 1. The van der Waals surface area contributed by atoms with E-state index in [-0.39, 0.29) is 18.1 Å². The van der Waals surface area contributed by atoms with Gasteiger partial charge in [0.1, 0.15) is 6.54 Å². The van der Waals surface area contributed by atoms with Crippen molar-refractivity contribution in [2.45, 2.75) is 6.54 Å². The van der Waals surface area contributed by atoms with Crippen LogP contribution < -0.4 is 5.32 Å². The number of carbonyl (C=O) groups is 2. The maximum atomic E-state index is 12.0. The fraction of sp³-hybridized carbons (Fsp3) is 0.143. The van der Waals surface area contributed by atoms with Crippen molar-refractivity contribution in [1.29, 1.82) is 0 Å². The molecular formula is C14H13N5O3. The minimum atomic E-state index is -1.13. The first-order valence-electron chi connectivity index (χ1n) is 6.52. The van der Waals surface area contributed by atoms with Crippen LogP contribution in [0.5, 0.6) is 0 Å². The normalized spacial score (nSPS) is 10.8. The van der Waals surface area contributed by atoms with Gasteiger partial charge in [-0.1, -0.05) is 12.1 Å². The third-order valence-electron chi connectivity index (χ3n) is 3.20. The highest BCUT2D eigenvalue weighted by Crippen LogP contribution is 2.17. The highest BCUT2D eigenvalue weighted by molar-refractivity contribution is 5.91. The summed E-state index contributed by atoms with van der Waals surface area (Å²) in [5.74, 6) is -1.04. The number of aromatic nitrogens is 4. The fourth-order valence-corrected chi connectivity index (χ4v) is 2.13. The average molecular weight is 299 g/mol. The number of rotatable bonds is 4. The molecule has 8 heteroatoms. The standard InChI is InChI=1S/C14H13N5O3/c1-18-11-5-3-2-4-9(11)15-14(18)16-12(20)8-19-7-6-10(17-19)13(21)22/h2-7H,8H2,1H3,(H,21,22)(H,15,16,20). The van der Waals surface area contributed by atoms with Gasteiger partial charge in [0, 0.05) is 13.2 Å². The third kappa shape index (κ3) is 2.53. The van der Waals surface area contributed by atoms with Gasteiger partial charge >= 0.3 is 5.97 Å². The number of hydrogen-bond acceptors (Lipinski definition) is 4. The summed E-state index contributed by atoms with van der Waals surface area (Å²) in [5, 5.41) is 15.3. The number of benzene rings is 1.